The van der Waals surface area contributed by atoms with E-state index in [9.17, 15) is 13.2 Å². The number of alkyl halides is 3. The molecule has 1 N–H and O–H groups in total. The van der Waals surface area contributed by atoms with Crippen molar-refractivity contribution in [2.75, 3.05) is 5.32 Å². The zero-order valence-electron chi connectivity index (χ0n) is 11.4. The quantitative estimate of drug-likeness (QED) is 0.942. The van der Waals surface area contributed by atoms with Gasteiger partial charge in [-0.15, -0.1) is 0 Å². The molecule has 2 heterocycles. The number of nitrogens with zero attached hydrogens (tertiary/aromatic N) is 3. The van der Waals surface area contributed by atoms with Gasteiger partial charge in [0.25, 0.3) is 0 Å². The Labute approximate surface area is 114 Å². The van der Waals surface area contributed by atoms with E-state index in [0.717, 1.165) is 23.0 Å². The molecule has 0 radical (unpaired) electrons. The van der Waals surface area contributed by atoms with Gasteiger partial charge in [-0.3, -0.25) is 4.68 Å². The van der Waals surface area contributed by atoms with Gasteiger partial charge in [0.05, 0.1) is 17.6 Å². The predicted octanol–water partition coefficient (Wildman–Crippen LogP) is 3.06. The van der Waals surface area contributed by atoms with Gasteiger partial charge in [-0.2, -0.15) is 18.3 Å². The molecule has 0 atom stereocenters. The fraction of sp³-hybridized carbons (Fsp3) is 0.385. The van der Waals surface area contributed by atoms with Crippen molar-refractivity contribution in [2.45, 2.75) is 26.6 Å². The molecule has 20 heavy (non-hydrogen) atoms. The van der Waals surface area contributed by atoms with Crippen LogP contribution in [0, 0.1) is 13.8 Å². The average molecular weight is 284 g/mol. The molecule has 2 aromatic heterocycles. The summed E-state index contributed by atoms with van der Waals surface area (Å²) in [4.78, 5) is 3.40. The van der Waals surface area contributed by atoms with Crippen LogP contribution < -0.4 is 5.32 Å². The van der Waals surface area contributed by atoms with E-state index in [1.54, 1.807) is 4.68 Å². The third kappa shape index (κ3) is 2.92. The topological polar surface area (TPSA) is 42.7 Å². The summed E-state index contributed by atoms with van der Waals surface area (Å²) < 4.78 is 38.9. The molecule has 2 aromatic rings. The summed E-state index contributed by atoms with van der Waals surface area (Å²) in [6, 6.07) is 2.34. The molecule has 108 valence electrons. The lowest BCUT2D eigenvalue weighted by molar-refractivity contribution is -0.141. The molecule has 0 bridgehead atoms. The third-order valence-corrected chi connectivity index (χ3v) is 3.18. The Morgan fingerprint density at radius 1 is 1.25 bits per heavy atom. The van der Waals surface area contributed by atoms with Crippen molar-refractivity contribution in [1.29, 1.82) is 0 Å². The molecule has 0 unspecified atom stereocenters. The second-order valence-corrected chi connectivity index (χ2v) is 4.56. The van der Waals surface area contributed by atoms with Crippen LogP contribution in [0.3, 0.4) is 0 Å². The lowest BCUT2D eigenvalue weighted by atomic mass is 10.2. The Balaban J connectivity index is 2.08. The highest BCUT2D eigenvalue weighted by Crippen LogP contribution is 2.27. The van der Waals surface area contributed by atoms with Gasteiger partial charge in [0.2, 0.25) is 0 Å². The van der Waals surface area contributed by atoms with Crippen molar-refractivity contribution in [3.63, 3.8) is 0 Å². The largest absolute Gasteiger partial charge is 0.433 e. The van der Waals surface area contributed by atoms with E-state index in [1.807, 2.05) is 20.9 Å². The SMILES string of the molecule is Cc1nn(C)c(C)c1CNc1ccc(C(F)(F)F)nc1. The summed E-state index contributed by atoms with van der Waals surface area (Å²) in [5, 5.41) is 7.33. The standard InChI is InChI=1S/C13H15F3N4/c1-8-11(9(2)20(3)19-8)7-17-10-4-5-12(18-6-10)13(14,15)16/h4-6,17H,7H2,1-3H3. The summed E-state index contributed by atoms with van der Waals surface area (Å²) in [5.74, 6) is 0. The number of nitrogens with one attached hydrogen (secondary N) is 1. The number of hydrogen-bond donors (Lipinski definition) is 1. The van der Waals surface area contributed by atoms with E-state index in [-0.39, 0.29) is 0 Å². The number of pyridine rings is 1. The van der Waals surface area contributed by atoms with Gasteiger partial charge in [-0.1, -0.05) is 0 Å². The second kappa shape index (κ2) is 5.15. The summed E-state index contributed by atoms with van der Waals surface area (Å²) >= 11 is 0. The molecule has 4 nitrogen and oxygen atoms in total. The molecule has 0 aliphatic rings. The maximum Gasteiger partial charge on any atom is 0.433 e. The van der Waals surface area contributed by atoms with Gasteiger partial charge in [-0.25, -0.2) is 4.98 Å². The Bertz CT molecular complexity index is 599. The molecular weight excluding hydrogens is 269 g/mol. The number of hydrogen-bond acceptors (Lipinski definition) is 3. The van der Waals surface area contributed by atoms with Crippen molar-refractivity contribution in [2.24, 2.45) is 7.05 Å². The van der Waals surface area contributed by atoms with Crippen LogP contribution in [0.1, 0.15) is 22.6 Å². The maximum atomic E-state index is 12.4. The summed E-state index contributed by atoms with van der Waals surface area (Å²) in [7, 11) is 1.85. The molecular formula is C13H15F3N4. The highest BCUT2D eigenvalue weighted by atomic mass is 19.4. The van der Waals surface area contributed by atoms with Crippen LogP contribution in [0.25, 0.3) is 0 Å². The molecule has 0 spiro atoms. The van der Waals surface area contributed by atoms with Crippen LogP contribution in [0.5, 0.6) is 0 Å². The minimum absolute atomic E-state index is 0.499. The number of aromatic nitrogens is 3. The minimum atomic E-state index is -4.41. The van der Waals surface area contributed by atoms with E-state index < -0.39 is 11.9 Å². The molecule has 0 saturated heterocycles. The number of anilines is 1. The van der Waals surface area contributed by atoms with Crippen molar-refractivity contribution in [3.8, 4) is 0 Å². The number of aryl methyl sites for hydroxylation is 2. The first-order valence-electron chi connectivity index (χ1n) is 6.05. The van der Waals surface area contributed by atoms with Gasteiger partial charge in [-0.05, 0) is 26.0 Å². The normalized spacial score (nSPS) is 11.7. The van der Waals surface area contributed by atoms with Crippen molar-refractivity contribution in [1.82, 2.24) is 14.8 Å². The van der Waals surface area contributed by atoms with Crippen LogP contribution in [-0.4, -0.2) is 14.8 Å². The van der Waals surface area contributed by atoms with Crippen LogP contribution in [0.15, 0.2) is 18.3 Å². The predicted molar refractivity (Wildman–Crippen MR) is 69.2 cm³/mol. The molecule has 0 aromatic carbocycles. The summed E-state index contributed by atoms with van der Waals surface area (Å²) in [5.41, 5.74) is 2.61. The Morgan fingerprint density at radius 2 is 1.95 bits per heavy atom. The highest BCUT2D eigenvalue weighted by Gasteiger charge is 2.31. The Hall–Kier alpha value is -2.05. The summed E-state index contributed by atoms with van der Waals surface area (Å²) in [6.07, 6.45) is -3.22. The smallest absolute Gasteiger partial charge is 0.380 e. The van der Waals surface area contributed by atoms with E-state index >= 15 is 0 Å². The van der Waals surface area contributed by atoms with Crippen LogP contribution in [0.4, 0.5) is 18.9 Å². The zero-order valence-corrected chi connectivity index (χ0v) is 11.4. The van der Waals surface area contributed by atoms with Gasteiger partial charge < -0.3 is 5.32 Å². The number of halogens is 3. The Kier molecular flexibility index (Phi) is 3.69. The highest BCUT2D eigenvalue weighted by molar-refractivity contribution is 5.43. The fourth-order valence-corrected chi connectivity index (χ4v) is 1.93. The van der Waals surface area contributed by atoms with Gasteiger partial charge in [0.1, 0.15) is 5.69 Å². The van der Waals surface area contributed by atoms with Crippen LogP contribution in [0.2, 0.25) is 0 Å². The van der Waals surface area contributed by atoms with E-state index in [4.69, 9.17) is 0 Å². The molecule has 7 heteroatoms. The molecule has 0 fully saturated rings. The van der Waals surface area contributed by atoms with Crippen LogP contribution >= 0.6 is 0 Å². The first-order chi connectivity index (χ1) is 9.29. The van der Waals surface area contributed by atoms with Crippen LogP contribution in [-0.2, 0) is 19.8 Å². The minimum Gasteiger partial charge on any atom is -0.380 e. The Morgan fingerprint density at radius 3 is 2.40 bits per heavy atom. The average Bonchev–Trinajstić information content (AvgIpc) is 2.61. The zero-order chi connectivity index (χ0) is 14.9. The van der Waals surface area contributed by atoms with Gasteiger partial charge in [0, 0.05) is 24.8 Å². The molecule has 0 aliphatic heterocycles. The lowest BCUT2D eigenvalue weighted by Gasteiger charge is -2.09. The van der Waals surface area contributed by atoms with E-state index in [1.165, 1.54) is 12.3 Å². The first kappa shape index (κ1) is 14.4. The van der Waals surface area contributed by atoms with Gasteiger partial charge >= 0.3 is 6.18 Å². The summed E-state index contributed by atoms with van der Waals surface area (Å²) in [6.45, 7) is 4.34. The molecule has 0 aliphatic carbocycles. The lowest BCUT2D eigenvalue weighted by Crippen LogP contribution is -2.08. The molecule has 0 amide bonds. The number of rotatable bonds is 3. The third-order valence-electron chi connectivity index (χ3n) is 3.18. The molecule has 2 rings (SSSR count). The van der Waals surface area contributed by atoms with Crippen molar-refractivity contribution >= 4 is 5.69 Å². The first-order valence-corrected chi connectivity index (χ1v) is 6.05. The van der Waals surface area contributed by atoms with E-state index in [2.05, 4.69) is 15.4 Å². The monoisotopic (exact) mass is 284 g/mol. The van der Waals surface area contributed by atoms with Gasteiger partial charge in [0.15, 0.2) is 0 Å². The van der Waals surface area contributed by atoms with Crippen molar-refractivity contribution < 1.29 is 13.2 Å². The fourth-order valence-electron chi connectivity index (χ4n) is 1.93. The van der Waals surface area contributed by atoms with E-state index in [0.29, 0.717) is 12.2 Å². The molecule has 0 saturated carbocycles. The second-order valence-electron chi connectivity index (χ2n) is 4.56. The maximum absolute atomic E-state index is 12.4. The van der Waals surface area contributed by atoms with Crippen molar-refractivity contribution in [3.05, 3.63) is 41.0 Å².